The number of halogens is 1. The molecule has 0 saturated carbocycles. The van der Waals surface area contributed by atoms with Gasteiger partial charge in [-0.05, 0) is 31.4 Å². The number of aryl methyl sites for hydroxylation is 2. The van der Waals surface area contributed by atoms with Gasteiger partial charge in [-0.2, -0.15) is 0 Å². The lowest BCUT2D eigenvalue weighted by Crippen LogP contribution is -2.13. The molecule has 2 aromatic heterocycles. The fraction of sp³-hybridized carbons (Fsp3) is 0.647. The van der Waals surface area contributed by atoms with Gasteiger partial charge in [-0.25, -0.2) is 9.97 Å². The molecule has 2 rings (SSSR count). The molecule has 1 atom stereocenters. The van der Waals surface area contributed by atoms with E-state index in [0.717, 1.165) is 29.0 Å². The van der Waals surface area contributed by atoms with Crippen molar-refractivity contribution in [2.45, 2.75) is 65.3 Å². The highest BCUT2D eigenvalue weighted by molar-refractivity contribution is 6.17. The van der Waals surface area contributed by atoms with E-state index < -0.39 is 0 Å². The number of hydrogen-bond donors (Lipinski definition) is 0. The third-order valence-electron chi connectivity index (χ3n) is 3.94. The SMILES string of the molecule is CCCCC(CCC)n1c(CCCl)nc2cc(C)cnc21. The maximum Gasteiger partial charge on any atom is 0.160 e. The highest BCUT2D eigenvalue weighted by Gasteiger charge is 2.19. The van der Waals surface area contributed by atoms with Crippen LogP contribution in [0, 0.1) is 6.92 Å². The van der Waals surface area contributed by atoms with Crippen LogP contribution >= 0.6 is 11.6 Å². The monoisotopic (exact) mass is 307 g/mol. The Kier molecular flexibility index (Phi) is 6.04. The summed E-state index contributed by atoms with van der Waals surface area (Å²) in [6.45, 7) is 6.56. The highest BCUT2D eigenvalue weighted by atomic mass is 35.5. The third-order valence-corrected chi connectivity index (χ3v) is 4.12. The highest BCUT2D eigenvalue weighted by Crippen LogP contribution is 2.28. The van der Waals surface area contributed by atoms with E-state index >= 15 is 0 Å². The molecule has 0 radical (unpaired) electrons. The van der Waals surface area contributed by atoms with Crippen molar-refractivity contribution in [3.05, 3.63) is 23.7 Å². The summed E-state index contributed by atoms with van der Waals surface area (Å²) in [6, 6.07) is 2.62. The number of fused-ring (bicyclic) bond motifs is 1. The smallest absolute Gasteiger partial charge is 0.160 e. The molecule has 4 heteroatoms. The van der Waals surface area contributed by atoms with E-state index in [1.165, 1.54) is 32.1 Å². The van der Waals surface area contributed by atoms with Gasteiger partial charge in [-0.3, -0.25) is 0 Å². The van der Waals surface area contributed by atoms with E-state index in [1.807, 2.05) is 6.20 Å². The molecule has 0 aliphatic heterocycles. The minimum absolute atomic E-state index is 0.494. The van der Waals surface area contributed by atoms with E-state index in [1.54, 1.807) is 0 Å². The summed E-state index contributed by atoms with van der Waals surface area (Å²) < 4.78 is 2.36. The van der Waals surface area contributed by atoms with E-state index in [-0.39, 0.29) is 0 Å². The maximum atomic E-state index is 5.98. The number of alkyl halides is 1. The van der Waals surface area contributed by atoms with Gasteiger partial charge in [0.05, 0.1) is 0 Å². The van der Waals surface area contributed by atoms with Crippen LogP contribution in [0.15, 0.2) is 12.3 Å². The standard InChI is InChI=1S/C17H26ClN3/c1-4-6-8-14(7-5-2)21-16(9-10-18)20-15-11-13(3)12-19-17(15)21/h11-12,14H,4-10H2,1-3H3. The first kappa shape index (κ1) is 16.3. The Labute approximate surface area is 132 Å². The summed E-state index contributed by atoms with van der Waals surface area (Å²) >= 11 is 5.98. The van der Waals surface area contributed by atoms with Crippen molar-refractivity contribution in [3.8, 4) is 0 Å². The predicted octanol–water partition coefficient (Wildman–Crippen LogP) is 5.05. The van der Waals surface area contributed by atoms with Crippen LogP contribution in [-0.4, -0.2) is 20.4 Å². The Hall–Kier alpha value is -1.09. The minimum Gasteiger partial charge on any atom is -0.310 e. The van der Waals surface area contributed by atoms with Crippen LogP contribution in [0.3, 0.4) is 0 Å². The third kappa shape index (κ3) is 3.76. The zero-order chi connectivity index (χ0) is 15.2. The Morgan fingerprint density at radius 1 is 1.24 bits per heavy atom. The van der Waals surface area contributed by atoms with Gasteiger partial charge < -0.3 is 4.57 Å². The number of pyridine rings is 1. The van der Waals surface area contributed by atoms with Gasteiger partial charge in [0.2, 0.25) is 0 Å². The van der Waals surface area contributed by atoms with Gasteiger partial charge in [0, 0.05) is 24.5 Å². The number of rotatable bonds is 8. The largest absolute Gasteiger partial charge is 0.310 e. The first-order chi connectivity index (χ1) is 10.2. The molecule has 3 nitrogen and oxygen atoms in total. The molecule has 0 bridgehead atoms. The second-order valence-corrected chi connectivity index (χ2v) is 6.16. The molecule has 0 fully saturated rings. The zero-order valence-electron chi connectivity index (χ0n) is 13.4. The minimum atomic E-state index is 0.494. The molecule has 2 aromatic rings. The molecule has 1 unspecified atom stereocenters. The number of unbranched alkanes of at least 4 members (excludes halogenated alkanes) is 1. The molecule has 0 amide bonds. The van der Waals surface area contributed by atoms with Gasteiger partial charge in [0.1, 0.15) is 11.3 Å². The molecule has 0 aliphatic rings. The van der Waals surface area contributed by atoms with Gasteiger partial charge in [-0.1, -0.05) is 33.1 Å². The van der Waals surface area contributed by atoms with Crippen LogP contribution in [-0.2, 0) is 6.42 Å². The Balaban J connectivity index is 2.48. The molecule has 0 saturated heterocycles. The number of imidazole rings is 1. The number of hydrogen-bond acceptors (Lipinski definition) is 2. The summed E-state index contributed by atoms with van der Waals surface area (Å²) in [4.78, 5) is 9.44. The summed E-state index contributed by atoms with van der Waals surface area (Å²) in [6.07, 6.45) is 8.77. The van der Waals surface area contributed by atoms with Crippen molar-refractivity contribution in [2.75, 3.05) is 5.88 Å². The Morgan fingerprint density at radius 3 is 2.71 bits per heavy atom. The van der Waals surface area contributed by atoms with Crippen molar-refractivity contribution in [2.24, 2.45) is 0 Å². The van der Waals surface area contributed by atoms with E-state index in [9.17, 15) is 0 Å². The summed E-state index contributed by atoms with van der Waals surface area (Å²) in [5.74, 6) is 1.70. The average molecular weight is 308 g/mol. The second kappa shape index (κ2) is 7.79. The summed E-state index contributed by atoms with van der Waals surface area (Å²) in [7, 11) is 0. The fourth-order valence-electron chi connectivity index (χ4n) is 2.95. The number of aromatic nitrogens is 3. The van der Waals surface area contributed by atoms with Crippen LogP contribution in [0.1, 0.15) is 63.4 Å². The zero-order valence-corrected chi connectivity index (χ0v) is 14.2. The summed E-state index contributed by atoms with van der Waals surface area (Å²) in [5.41, 5.74) is 3.19. The lowest BCUT2D eigenvalue weighted by atomic mass is 10.0. The van der Waals surface area contributed by atoms with Crippen LogP contribution in [0.4, 0.5) is 0 Å². The van der Waals surface area contributed by atoms with E-state index in [0.29, 0.717) is 11.9 Å². The van der Waals surface area contributed by atoms with E-state index in [4.69, 9.17) is 16.6 Å². The molecule has 0 spiro atoms. The van der Waals surface area contributed by atoms with Crippen molar-refractivity contribution in [1.29, 1.82) is 0 Å². The van der Waals surface area contributed by atoms with Gasteiger partial charge in [-0.15, -0.1) is 11.6 Å². The molecule has 21 heavy (non-hydrogen) atoms. The molecule has 0 N–H and O–H groups in total. The molecule has 2 heterocycles. The summed E-state index contributed by atoms with van der Waals surface area (Å²) in [5, 5.41) is 0. The van der Waals surface area contributed by atoms with Crippen molar-refractivity contribution in [1.82, 2.24) is 14.5 Å². The van der Waals surface area contributed by atoms with Crippen molar-refractivity contribution >= 4 is 22.8 Å². The first-order valence-corrected chi connectivity index (χ1v) is 8.64. The van der Waals surface area contributed by atoms with Gasteiger partial charge >= 0.3 is 0 Å². The normalized spacial score (nSPS) is 13.0. The molecule has 116 valence electrons. The lowest BCUT2D eigenvalue weighted by Gasteiger charge is -2.20. The Bertz CT molecular complexity index is 577. The van der Waals surface area contributed by atoms with Crippen molar-refractivity contribution < 1.29 is 0 Å². The second-order valence-electron chi connectivity index (χ2n) is 5.78. The first-order valence-electron chi connectivity index (χ1n) is 8.10. The van der Waals surface area contributed by atoms with Crippen molar-refractivity contribution in [3.63, 3.8) is 0 Å². The van der Waals surface area contributed by atoms with Crippen LogP contribution in [0.5, 0.6) is 0 Å². The van der Waals surface area contributed by atoms with Crippen LogP contribution < -0.4 is 0 Å². The molecule has 0 aliphatic carbocycles. The molecular formula is C17H26ClN3. The van der Waals surface area contributed by atoms with Crippen LogP contribution in [0.25, 0.3) is 11.2 Å². The lowest BCUT2D eigenvalue weighted by molar-refractivity contribution is 0.414. The molecular weight excluding hydrogens is 282 g/mol. The predicted molar refractivity (Wildman–Crippen MR) is 90.2 cm³/mol. The molecule has 0 aromatic carbocycles. The fourth-order valence-corrected chi connectivity index (χ4v) is 3.12. The Morgan fingerprint density at radius 2 is 2.05 bits per heavy atom. The number of nitrogens with zero attached hydrogens (tertiary/aromatic N) is 3. The topological polar surface area (TPSA) is 30.7 Å². The quantitative estimate of drug-likeness (QED) is 0.639. The van der Waals surface area contributed by atoms with E-state index in [2.05, 4.69) is 36.4 Å². The average Bonchev–Trinajstić information content (AvgIpc) is 2.81. The van der Waals surface area contributed by atoms with Gasteiger partial charge in [0.15, 0.2) is 5.65 Å². The van der Waals surface area contributed by atoms with Crippen LogP contribution in [0.2, 0.25) is 0 Å². The maximum absolute atomic E-state index is 5.98. The van der Waals surface area contributed by atoms with Gasteiger partial charge in [0.25, 0.3) is 0 Å².